The summed E-state index contributed by atoms with van der Waals surface area (Å²) >= 11 is 0. The average Bonchev–Trinajstić information content (AvgIpc) is 2.91. The van der Waals surface area contributed by atoms with E-state index in [-0.39, 0.29) is 11.9 Å². The average molecular weight is 314 g/mol. The molecule has 0 bridgehead atoms. The van der Waals surface area contributed by atoms with Crippen LogP contribution in [0.3, 0.4) is 0 Å². The lowest BCUT2D eigenvalue weighted by Crippen LogP contribution is -2.31. The maximum Gasteiger partial charge on any atom is 0.226 e. The normalized spacial score (nSPS) is 19.3. The number of aromatic nitrogens is 2. The molecule has 1 fully saturated rings. The van der Waals surface area contributed by atoms with Crippen molar-refractivity contribution in [2.24, 2.45) is 0 Å². The van der Waals surface area contributed by atoms with E-state index >= 15 is 0 Å². The van der Waals surface area contributed by atoms with Gasteiger partial charge in [0.1, 0.15) is 0 Å². The lowest BCUT2D eigenvalue weighted by Gasteiger charge is -2.28. The number of nitrogens with one attached hydrogen (secondary N) is 1. The molecule has 1 saturated heterocycles. The highest BCUT2D eigenvalue weighted by atomic mass is 16.5. The molecule has 2 heterocycles. The SMILES string of the molecule is CCCc1nc(CN2CCNC(=O)CC2c2ccccc2)no1. The number of nitrogens with zero attached hydrogens (tertiary/aromatic N) is 3. The van der Waals surface area contributed by atoms with Crippen molar-refractivity contribution in [1.29, 1.82) is 0 Å². The predicted molar refractivity (Wildman–Crippen MR) is 85.5 cm³/mol. The second-order valence-electron chi connectivity index (χ2n) is 5.81. The summed E-state index contributed by atoms with van der Waals surface area (Å²) in [6.07, 6.45) is 2.23. The van der Waals surface area contributed by atoms with Crippen molar-refractivity contribution in [3.8, 4) is 0 Å². The zero-order chi connectivity index (χ0) is 16.1. The van der Waals surface area contributed by atoms with Crippen LogP contribution < -0.4 is 5.32 Å². The van der Waals surface area contributed by atoms with Crippen molar-refractivity contribution < 1.29 is 9.32 Å². The molecule has 23 heavy (non-hydrogen) atoms. The Morgan fingerprint density at radius 1 is 1.35 bits per heavy atom. The highest BCUT2D eigenvalue weighted by molar-refractivity contribution is 5.77. The molecular weight excluding hydrogens is 292 g/mol. The summed E-state index contributed by atoms with van der Waals surface area (Å²) in [7, 11) is 0. The van der Waals surface area contributed by atoms with Crippen molar-refractivity contribution in [2.45, 2.75) is 38.8 Å². The second kappa shape index (κ2) is 7.37. The summed E-state index contributed by atoms with van der Waals surface area (Å²) in [6, 6.07) is 10.2. The zero-order valence-electron chi connectivity index (χ0n) is 13.4. The van der Waals surface area contributed by atoms with Gasteiger partial charge in [-0.25, -0.2) is 0 Å². The first-order valence-electron chi connectivity index (χ1n) is 8.13. The molecule has 1 aliphatic rings. The maximum atomic E-state index is 12.0. The summed E-state index contributed by atoms with van der Waals surface area (Å²) in [6.45, 7) is 4.08. The molecule has 6 heteroatoms. The third kappa shape index (κ3) is 3.96. The fourth-order valence-corrected chi connectivity index (χ4v) is 2.92. The minimum absolute atomic E-state index is 0.0341. The molecule has 1 aromatic heterocycles. The number of hydrogen-bond acceptors (Lipinski definition) is 5. The van der Waals surface area contributed by atoms with Gasteiger partial charge in [0.25, 0.3) is 0 Å². The van der Waals surface area contributed by atoms with Crippen molar-refractivity contribution in [2.75, 3.05) is 13.1 Å². The van der Waals surface area contributed by atoms with Gasteiger partial charge in [-0.3, -0.25) is 9.69 Å². The van der Waals surface area contributed by atoms with E-state index in [2.05, 4.69) is 39.4 Å². The first kappa shape index (κ1) is 15.7. The molecule has 1 aliphatic heterocycles. The van der Waals surface area contributed by atoms with Gasteiger partial charge in [0.15, 0.2) is 5.82 Å². The third-order valence-electron chi connectivity index (χ3n) is 4.04. The topological polar surface area (TPSA) is 71.3 Å². The van der Waals surface area contributed by atoms with Crippen molar-refractivity contribution in [3.05, 3.63) is 47.6 Å². The molecule has 1 unspecified atom stereocenters. The second-order valence-corrected chi connectivity index (χ2v) is 5.81. The molecule has 3 rings (SSSR count). The van der Waals surface area contributed by atoms with Gasteiger partial charge in [-0.2, -0.15) is 4.98 Å². The van der Waals surface area contributed by atoms with Crippen molar-refractivity contribution in [3.63, 3.8) is 0 Å². The van der Waals surface area contributed by atoms with Crippen LogP contribution in [0.2, 0.25) is 0 Å². The fraction of sp³-hybridized carbons (Fsp3) is 0.471. The molecular formula is C17H22N4O2. The van der Waals surface area contributed by atoms with Crippen LogP contribution in [0.25, 0.3) is 0 Å². The van der Waals surface area contributed by atoms with E-state index in [0.29, 0.717) is 31.2 Å². The first-order chi connectivity index (χ1) is 11.3. The van der Waals surface area contributed by atoms with E-state index < -0.39 is 0 Å². The zero-order valence-corrected chi connectivity index (χ0v) is 13.4. The Labute approximate surface area is 135 Å². The van der Waals surface area contributed by atoms with E-state index in [1.54, 1.807) is 0 Å². The minimum atomic E-state index is 0.0341. The van der Waals surface area contributed by atoms with Gasteiger partial charge < -0.3 is 9.84 Å². The molecule has 0 radical (unpaired) electrons. The number of benzene rings is 1. The Balaban J connectivity index is 1.79. The predicted octanol–water partition coefficient (Wildman–Crippen LogP) is 2.09. The number of amides is 1. The van der Waals surface area contributed by atoms with Crippen LogP contribution in [0.1, 0.15) is 43.1 Å². The Morgan fingerprint density at radius 2 is 2.17 bits per heavy atom. The van der Waals surface area contributed by atoms with Gasteiger partial charge in [0.2, 0.25) is 11.8 Å². The van der Waals surface area contributed by atoms with Crippen LogP contribution in [0, 0.1) is 0 Å². The molecule has 1 aromatic carbocycles. The van der Waals surface area contributed by atoms with Gasteiger partial charge in [-0.1, -0.05) is 42.4 Å². The van der Waals surface area contributed by atoms with Gasteiger partial charge in [-0.15, -0.1) is 0 Å². The summed E-state index contributed by atoms with van der Waals surface area (Å²) in [5.74, 6) is 1.45. The third-order valence-corrected chi connectivity index (χ3v) is 4.04. The van der Waals surface area contributed by atoms with Crippen LogP contribution in [0.4, 0.5) is 0 Å². The van der Waals surface area contributed by atoms with Crippen LogP contribution >= 0.6 is 0 Å². The van der Waals surface area contributed by atoms with E-state index in [0.717, 1.165) is 24.9 Å². The quantitative estimate of drug-likeness (QED) is 0.915. The standard InChI is InChI=1S/C17H22N4O2/c1-2-6-17-19-15(20-23-17)12-21-10-9-18-16(22)11-14(21)13-7-4-3-5-8-13/h3-5,7-8,14H,2,6,9-12H2,1H3,(H,18,22). The lowest BCUT2D eigenvalue weighted by atomic mass is 10.0. The van der Waals surface area contributed by atoms with Crippen LogP contribution in [-0.4, -0.2) is 34.0 Å². The Bertz CT molecular complexity index is 641. The molecule has 1 atom stereocenters. The first-order valence-corrected chi connectivity index (χ1v) is 8.13. The van der Waals surface area contributed by atoms with Crippen LogP contribution in [0.5, 0.6) is 0 Å². The Kier molecular flexibility index (Phi) is 5.02. The minimum Gasteiger partial charge on any atom is -0.355 e. The van der Waals surface area contributed by atoms with Gasteiger partial charge in [0, 0.05) is 32.0 Å². The molecule has 2 aromatic rings. The van der Waals surface area contributed by atoms with E-state index in [1.807, 2.05) is 18.2 Å². The highest BCUT2D eigenvalue weighted by Crippen LogP contribution is 2.26. The van der Waals surface area contributed by atoms with Gasteiger partial charge >= 0.3 is 0 Å². The molecule has 0 saturated carbocycles. The van der Waals surface area contributed by atoms with Gasteiger partial charge in [-0.05, 0) is 12.0 Å². The summed E-state index contributed by atoms with van der Waals surface area (Å²) in [5.41, 5.74) is 1.14. The van der Waals surface area contributed by atoms with Crippen LogP contribution in [0.15, 0.2) is 34.9 Å². The highest BCUT2D eigenvalue weighted by Gasteiger charge is 2.27. The monoisotopic (exact) mass is 314 g/mol. The van der Waals surface area contributed by atoms with E-state index in [9.17, 15) is 4.79 Å². The number of aryl methyl sites for hydroxylation is 1. The molecule has 0 aliphatic carbocycles. The summed E-state index contributed by atoms with van der Waals surface area (Å²) in [5, 5.41) is 7.01. The number of carbonyl (C=O) groups is 1. The molecule has 122 valence electrons. The fourth-order valence-electron chi connectivity index (χ4n) is 2.92. The van der Waals surface area contributed by atoms with Gasteiger partial charge in [0.05, 0.1) is 6.54 Å². The smallest absolute Gasteiger partial charge is 0.226 e. The molecule has 1 amide bonds. The summed E-state index contributed by atoms with van der Waals surface area (Å²) in [4.78, 5) is 18.7. The number of carbonyl (C=O) groups excluding carboxylic acids is 1. The van der Waals surface area contributed by atoms with E-state index in [1.165, 1.54) is 0 Å². The van der Waals surface area contributed by atoms with Crippen molar-refractivity contribution >= 4 is 5.91 Å². The number of rotatable bonds is 5. The lowest BCUT2D eigenvalue weighted by molar-refractivity contribution is -0.121. The molecule has 1 N–H and O–H groups in total. The Morgan fingerprint density at radius 3 is 2.96 bits per heavy atom. The molecule has 6 nitrogen and oxygen atoms in total. The largest absolute Gasteiger partial charge is 0.355 e. The summed E-state index contributed by atoms with van der Waals surface area (Å²) < 4.78 is 5.27. The Hall–Kier alpha value is -2.21. The number of hydrogen-bond donors (Lipinski definition) is 1. The maximum absolute atomic E-state index is 12.0. The van der Waals surface area contributed by atoms with E-state index in [4.69, 9.17) is 4.52 Å². The van der Waals surface area contributed by atoms with Crippen molar-refractivity contribution in [1.82, 2.24) is 20.4 Å². The van der Waals surface area contributed by atoms with Crippen LogP contribution in [-0.2, 0) is 17.8 Å². The molecule has 0 spiro atoms.